The Morgan fingerprint density at radius 1 is 1.26 bits per heavy atom. The molecule has 0 radical (unpaired) electrons. The van der Waals surface area contributed by atoms with Crippen LogP contribution in [0.25, 0.3) is 0 Å². The lowest BCUT2D eigenvalue weighted by molar-refractivity contribution is 0.0284. The first-order valence-corrected chi connectivity index (χ1v) is 7.75. The van der Waals surface area contributed by atoms with Gasteiger partial charge in [-0.1, -0.05) is 36.7 Å². The summed E-state index contributed by atoms with van der Waals surface area (Å²) >= 11 is 0. The third-order valence-corrected chi connectivity index (χ3v) is 4.01. The highest BCUT2D eigenvalue weighted by molar-refractivity contribution is 6.58. The van der Waals surface area contributed by atoms with Crippen LogP contribution in [0.1, 0.15) is 32.8 Å². The highest BCUT2D eigenvalue weighted by Crippen LogP contribution is 2.42. The largest absolute Gasteiger partial charge is 0.479 e. The molecule has 2 rings (SSSR count). The van der Waals surface area contributed by atoms with Crippen LogP contribution in [0, 0.1) is 0 Å². The minimum Gasteiger partial charge on any atom is -0.449 e. The summed E-state index contributed by atoms with van der Waals surface area (Å²) in [6, 6.07) is 8.66. The van der Waals surface area contributed by atoms with Gasteiger partial charge in [0.1, 0.15) is 5.60 Å². The van der Waals surface area contributed by atoms with Crippen LogP contribution in [0.2, 0.25) is 6.32 Å². The van der Waals surface area contributed by atoms with Crippen LogP contribution in [0.3, 0.4) is 0 Å². The zero-order chi connectivity index (χ0) is 17.3. The van der Waals surface area contributed by atoms with Gasteiger partial charge in [-0.25, -0.2) is 4.79 Å². The van der Waals surface area contributed by atoms with Crippen LogP contribution in [0.5, 0.6) is 0 Å². The first-order chi connectivity index (χ1) is 10.5. The van der Waals surface area contributed by atoms with Gasteiger partial charge in [-0.15, -0.1) is 0 Å². The Hall–Kier alpha value is -1.66. The van der Waals surface area contributed by atoms with Crippen LogP contribution in [-0.4, -0.2) is 36.7 Å². The van der Waals surface area contributed by atoms with Crippen LogP contribution in [0.4, 0.5) is 17.7 Å². The molecule has 1 amide bonds. The Kier molecular flexibility index (Phi) is 4.69. The Balaban J connectivity index is 2.23. The second kappa shape index (κ2) is 6.09. The zero-order valence-corrected chi connectivity index (χ0v) is 13.7. The van der Waals surface area contributed by atoms with Crippen molar-refractivity contribution in [3.05, 3.63) is 35.9 Å². The molecule has 3 nitrogen and oxygen atoms in total. The van der Waals surface area contributed by atoms with E-state index in [1.54, 1.807) is 51.1 Å². The predicted octanol–water partition coefficient (Wildman–Crippen LogP) is 4.41. The van der Waals surface area contributed by atoms with Gasteiger partial charge in [0.05, 0.1) is 0 Å². The number of halogens is 3. The van der Waals surface area contributed by atoms with E-state index in [1.165, 1.54) is 4.90 Å². The molecule has 7 heteroatoms. The number of hydrogen-bond donors (Lipinski definition) is 0. The van der Waals surface area contributed by atoms with Gasteiger partial charge < -0.3 is 22.6 Å². The lowest BCUT2D eigenvalue weighted by atomic mass is 9.64. The topological polar surface area (TPSA) is 29.5 Å². The number of ether oxygens (including phenoxy) is 1. The van der Waals surface area contributed by atoms with E-state index in [2.05, 4.69) is 0 Å². The van der Waals surface area contributed by atoms with Crippen molar-refractivity contribution in [1.82, 2.24) is 4.90 Å². The van der Waals surface area contributed by atoms with Crippen molar-refractivity contribution in [1.29, 1.82) is 0 Å². The van der Waals surface area contributed by atoms with E-state index >= 15 is 0 Å². The van der Waals surface area contributed by atoms with E-state index in [-0.39, 0.29) is 19.5 Å². The predicted molar refractivity (Wildman–Crippen MR) is 84.4 cm³/mol. The fourth-order valence-electron chi connectivity index (χ4n) is 3.11. The number of likely N-dealkylation sites (tertiary alicyclic amines) is 1. The fraction of sp³-hybridized carbons (Fsp3) is 0.562. The first-order valence-electron chi connectivity index (χ1n) is 7.75. The fourth-order valence-corrected chi connectivity index (χ4v) is 3.11. The van der Waals surface area contributed by atoms with Crippen molar-refractivity contribution in [2.45, 2.75) is 44.5 Å². The van der Waals surface area contributed by atoms with Gasteiger partial charge in [0.25, 0.3) is 0 Å². The molecule has 0 aliphatic carbocycles. The maximum absolute atomic E-state index is 13.2. The van der Waals surface area contributed by atoms with Gasteiger partial charge in [-0.3, -0.25) is 0 Å². The highest BCUT2D eigenvalue weighted by atomic mass is 19.4. The second-order valence-electron chi connectivity index (χ2n) is 7.21. The van der Waals surface area contributed by atoms with Gasteiger partial charge in [0, 0.05) is 13.1 Å². The second-order valence-corrected chi connectivity index (χ2v) is 7.21. The molecule has 1 aliphatic heterocycles. The molecule has 0 aromatic heterocycles. The molecule has 0 spiro atoms. The molecule has 1 aromatic rings. The van der Waals surface area contributed by atoms with Gasteiger partial charge in [-0.05, 0) is 38.2 Å². The van der Waals surface area contributed by atoms with Gasteiger partial charge >= 0.3 is 13.1 Å². The summed E-state index contributed by atoms with van der Waals surface area (Å²) in [5, 5.41) is 0. The van der Waals surface area contributed by atoms with Crippen LogP contribution >= 0.6 is 0 Å². The van der Waals surface area contributed by atoms with E-state index in [4.69, 9.17) is 4.74 Å². The van der Waals surface area contributed by atoms with Crippen molar-refractivity contribution in [3.63, 3.8) is 0 Å². The molecule has 1 fully saturated rings. The van der Waals surface area contributed by atoms with E-state index < -0.39 is 30.4 Å². The molecule has 1 aliphatic rings. The minimum absolute atomic E-state index is 0.0349. The first kappa shape index (κ1) is 17.7. The maximum atomic E-state index is 13.2. The normalized spacial score (nSPS) is 22.3. The summed E-state index contributed by atoms with van der Waals surface area (Å²) in [5.74, 6) is 0. The lowest BCUT2D eigenvalue weighted by Gasteiger charge is -2.35. The summed E-state index contributed by atoms with van der Waals surface area (Å²) in [6.45, 7) is 0.574. The van der Waals surface area contributed by atoms with Crippen molar-refractivity contribution in [2.24, 2.45) is 0 Å². The summed E-state index contributed by atoms with van der Waals surface area (Å²) < 4.78 is 44.8. The minimum atomic E-state index is -4.96. The average Bonchev–Trinajstić information content (AvgIpc) is 2.81. The highest BCUT2D eigenvalue weighted by Gasteiger charge is 2.46. The van der Waals surface area contributed by atoms with Gasteiger partial charge in [0.2, 0.25) is 0 Å². The SMILES string of the molecule is CC(C)(C)OC(=O)N1CCC(C[B-](F)(F)F)(c2ccccc2)C1. The molecule has 23 heavy (non-hydrogen) atoms. The molecule has 0 N–H and O–H groups in total. The molecule has 1 unspecified atom stereocenters. The molecule has 1 saturated heterocycles. The Labute approximate surface area is 134 Å². The summed E-state index contributed by atoms with van der Waals surface area (Å²) in [4.78, 5) is 13.6. The van der Waals surface area contributed by atoms with E-state index in [0.29, 0.717) is 5.56 Å². The van der Waals surface area contributed by atoms with Gasteiger partial charge in [-0.2, -0.15) is 0 Å². The molecule has 0 bridgehead atoms. The molecule has 128 valence electrons. The number of nitrogens with zero attached hydrogens (tertiary/aromatic N) is 1. The Morgan fingerprint density at radius 3 is 2.39 bits per heavy atom. The monoisotopic (exact) mass is 328 g/mol. The summed E-state index contributed by atoms with van der Waals surface area (Å²) in [5.41, 5.74) is -1.11. The van der Waals surface area contributed by atoms with Crippen molar-refractivity contribution < 1.29 is 22.5 Å². The third-order valence-electron chi connectivity index (χ3n) is 4.01. The number of rotatable bonds is 3. The Morgan fingerprint density at radius 2 is 1.87 bits per heavy atom. The number of hydrogen-bond acceptors (Lipinski definition) is 2. The van der Waals surface area contributed by atoms with Crippen LogP contribution < -0.4 is 0 Å². The van der Waals surface area contributed by atoms with Crippen LogP contribution in [0.15, 0.2) is 30.3 Å². The van der Waals surface area contributed by atoms with Crippen molar-refractivity contribution in [3.8, 4) is 0 Å². The van der Waals surface area contributed by atoms with Crippen molar-refractivity contribution >= 4 is 13.1 Å². The third kappa shape index (κ3) is 4.66. The van der Waals surface area contributed by atoms with E-state index in [0.717, 1.165) is 0 Å². The van der Waals surface area contributed by atoms with E-state index in [9.17, 15) is 17.7 Å². The quantitative estimate of drug-likeness (QED) is 0.769. The smallest absolute Gasteiger partial charge is 0.449 e. The summed E-state index contributed by atoms with van der Waals surface area (Å²) in [7, 11) is 0. The van der Waals surface area contributed by atoms with Crippen molar-refractivity contribution in [2.75, 3.05) is 13.1 Å². The van der Waals surface area contributed by atoms with Crippen LogP contribution in [-0.2, 0) is 10.2 Å². The number of carbonyl (C=O) groups excluding carboxylic acids is 1. The molecular weight excluding hydrogens is 306 g/mol. The lowest BCUT2D eigenvalue weighted by Crippen LogP contribution is -2.40. The number of benzene rings is 1. The number of amides is 1. The van der Waals surface area contributed by atoms with Gasteiger partial charge in [0.15, 0.2) is 0 Å². The summed E-state index contributed by atoms with van der Waals surface area (Å²) in [6.07, 6.45) is -1.14. The molecule has 1 atom stereocenters. The maximum Gasteiger partial charge on any atom is 0.479 e. The molecule has 0 saturated carbocycles. The molecule has 1 aromatic carbocycles. The Bertz CT molecular complexity index is 557. The molecule has 1 heterocycles. The average molecular weight is 328 g/mol. The zero-order valence-electron chi connectivity index (χ0n) is 13.7. The molecular formula is C16H22BF3NO2-. The van der Waals surface area contributed by atoms with E-state index in [1.807, 2.05) is 0 Å². The standard InChI is InChI=1S/C16H22BF3NO2/c1-15(2,3)23-14(22)21-10-9-16(12-21,11-17(18,19)20)13-7-5-4-6-8-13/h4-8H,9-12H2,1-3H3/q-1. The number of carbonyl (C=O) groups is 1.